The van der Waals surface area contributed by atoms with Gasteiger partial charge in [0.25, 0.3) is 0 Å². The number of aryl methyl sites for hydroxylation is 2. The van der Waals surface area contributed by atoms with Crippen LogP contribution >= 0.6 is 0 Å². The Morgan fingerprint density at radius 3 is 2.19 bits per heavy atom. The Kier molecular flexibility index (Phi) is 7.20. The summed E-state index contributed by atoms with van der Waals surface area (Å²) in [4.78, 5) is 13.1. The molecule has 32 heavy (non-hydrogen) atoms. The van der Waals surface area contributed by atoms with Crippen LogP contribution in [0.3, 0.4) is 0 Å². The predicted molar refractivity (Wildman–Crippen MR) is 129 cm³/mol. The van der Waals surface area contributed by atoms with Gasteiger partial charge in [0.1, 0.15) is 17.5 Å². The lowest BCUT2D eigenvalue weighted by Crippen LogP contribution is -2.45. The van der Waals surface area contributed by atoms with Crippen LogP contribution in [0.5, 0.6) is 11.5 Å². The lowest BCUT2D eigenvalue weighted by atomic mass is 10.1. The maximum atomic E-state index is 13.1. The van der Waals surface area contributed by atoms with Gasteiger partial charge in [-0.05, 0) is 67.8 Å². The van der Waals surface area contributed by atoms with Crippen LogP contribution < -0.4 is 14.4 Å². The summed E-state index contributed by atoms with van der Waals surface area (Å²) in [5, 5.41) is 2.93. The molecule has 0 heterocycles. The number of nitrogens with one attached hydrogen (secondary N) is 1. The van der Waals surface area contributed by atoms with E-state index < -0.39 is 22.0 Å². The molecule has 3 rings (SSSR count). The second kappa shape index (κ2) is 9.87. The van der Waals surface area contributed by atoms with E-state index in [1.165, 1.54) is 0 Å². The second-order valence-electron chi connectivity index (χ2n) is 7.60. The first-order chi connectivity index (χ1) is 15.2. The molecule has 0 aliphatic rings. The van der Waals surface area contributed by atoms with Crippen LogP contribution in [0.2, 0.25) is 0 Å². The Bertz CT molecular complexity index is 1180. The molecular formula is C25H28N2O4S. The fourth-order valence-electron chi connectivity index (χ4n) is 3.52. The van der Waals surface area contributed by atoms with Crippen molar-refractivity contribution in [1.82, 2.24) is 0 Å². The van der Waals surface area contributed by atoms with Crippen molar-refractivity contribution in [3.63, 3.8) is 0 Å². The summed E-state index contributed by atoms with van der Waals surface area (Å²) in [6, 6.07) is 20.8. The number of rotatable bonds is 8. The van der Waals surface area contributed by atoms with Gasteiger partial charge in [0.2, 0.25) is 15.9 Å². The monoisotopic (exact) mass is 452 g/mol. The molecule has 0 fully saturated rings. The first kappa shape index (κ1) is 23.3. The zero-order chi connectivity index (χ0) is 23.3. The number of sulfonamides is 1. The summed E-state index contributed by atoms with van der Waals surface area (Å²) >= 11 is 0. The molecule has 3 aromatic rings. The Balaban J connectivity index is 1.84. The Morgan fingerprint density at radius 1 is 0.969 bits per heavy atom. The van der Waals surface area contributed by atoms with E-state index in [2.05, 4.69) is 5.32 Å². The average Bonchev–Trinajstić information content (AvgIpc) is 2.76. The number of carbonyl (C=O) groups is 1. The highest BCUT2D eigenvalue weighted by atomic mass is 32.2. The Labute approximate surface area is 189 Å². The van der Waals surface area contributed by atoms with Gasteiger partial charge in [-0.25, -0.2) is 8.42 Å². The molecule has 1 atom stereocenters. The maximum absolute atomic E-state index is 13.1. The number of hydrogen-bond acceptors (Lipinski definition) is 4. The van der Waals surface area contributed by atoms with E-state index in [0.717, 1.165) is 33.8 Å². The SMILES string of the molecule is CCc1cccc(C)c1NC(=O)C(C)N(c1ccc(Oc2ccccc2)cc1)S(C)(=O)=O. The third kappa shape index (κ3) is 5.48. The largest absolute Gasteiger partial charge is 0.457 e. The Morgan fingerprint density at radius 2 is 1.59 bits per heavy atom. The topological polar surface area (TPSA) is 75.7 Å². The number of carbonyl (C=O) groups excluding carboxylic acids is 1. The fraction of sp³-hybridized carbons (Fsp3) is 0.240. The van der Waals surface area contributed by atoms with Crippen LogP contribution in [-0.2, 0) is 21.2 Å². The van der Waals surface area contributed by atoms with Crippen LogP contribution in [-0.4, -0.2) is 26.6 Å². The molecular weight excluding hydrogens is 424 g/mol. The zero-order valence-corrected chi connectivity index (χ0v) is 19.5. The molecule has 3 aromatic carbocycles. The van der Waals surface area contributed by atoms with Crippen molar-refractivity contribution in [3.05, 3.63) is 83.9 Å². The number of benzene rings is 3. The minimum absolute atomic E-state index is 0.385. The minimum atomic E-state index is -3.72. The zero-order valence-electron chi connectivity index (χ0n) is 18.7. The molecule has 1 N–H and O–H groups in total. The summed E-state index contributed by atoms with van der Waals surface area (Å²) in [6.45, 7) is 5.50. The number of ether oxygens (including phenoxy) is 1. The molecule has 1 unspecified atom stereocenters. The van der Waals surface area contributed by atoms with Crippen molar-refractivity contribution >= 4 is 27.3 Å². The van der Waals surface area contributed by atoms with Crippen molar-refractivity contribution in [2.24, 2.45) is 0 Å². The van der Waals surface area contributed by atoms with Gasteiger partial charge in [0.15, 0.2) is 0 Å². The molecule has 0 aliphatic heterocycles. The summed E-state index contributed by atoms with van der Waals surface area (Å²) in [6.07, 6.45) is 1.85. The third-order valence-corrected chi connectivity index (χ3v) is 6.39. The summed E-state index contributed by atoms with van der Waals surface area (Å²) in [7, 11) is -3.72. The van der Waals surface area contributed by atoms with E-state index in [-0.39, 0.29) is 0 Å². The molecule has 0 saturated carbocycles. The molecule has 0 aliphatic carbocycles. The molecule has 0 radical (unpaired) electrons. The first-order valence-electron chi connectivity index (χ1n) is 10.4. The van der Waals surface area contributed by atoms with Gasteiger partial charge in [0.05, 0.1) is 11.9 Å². The normalized spacial score (nSPS) is 12.1. The van der Waals surface area contributed by atoms with E-state index in [9.17, 15) is 13.2 Å². The summed E-state index contributed by atoms with van der Waals surface area (Å²) in [5.74, 6) is 0.847. The molecule has 0 saturated heterocycles. The highest BCUT2D eigenvalue weighted by Crippen LogP contribution is 2.28. The van der Waals surface area contributed by atoms with Gasteiger partial charge in [-0.15, -0.1) is 0 Å². The van der Waals surface area contributed by atoms with Crippen LogP contribution in [0.25, 0.3) is 0 Å². The van der Waals surface area contributed by atoms with Crippen LogP contribution in [0.15, 0.2) is 72.8 Å². The van der Waals surface area contributed by atoms with Crippen molar-refractivity contribution in [3.8, 4) is 11.5 Å². The van der Waals surface area contributed by atoms with Crippen molar-refractivity contribution in [2.45, 2.75) is 33.2 Å². The Hall–Kier alpha value is -3.32. The number of para-hydroxylation sites is 2. The standard InChI is InChI=1S/C25H28N2O4S/c1-5-20-11-9-10-18(2)24(20)26-25(28)19(3)27(32(4,29)30)21-14-16-23(17-15-21)31-22-12-7-6-8-13-22/h6-17,19H,5H2,1-4H3,(H,26,28). The second-order valence-corrected chi connectivity index (χ2v) is 9.46. The molecule has 0 bridgehead atoms. The van der Waals surface area contributed by atoms with E-state index in [4.69, 9.17) is 4.74 Å². The molecule has 0 aromatic heterocycles. The third-order valence-electron chi connectivity index (χ3n) is 5.15. The van der Waals surface area contributed by atoms with Crippen LogP contribution in [0.4, 0.5) is 11.4 Å². The lowest BCUT2D eigenvalue weighted by Gasteiger charge is -2.29. The van der Waals surface area contributed by atoms with E-state index in [1.54, 1.807) is 31.2 Å². The predicted octanol–water partition coefficient (Wildman–Crippen LogP) is 5.14. The fourth-order valence-corrected chi connectivity index (χ4v) is 4.70. The van der Waals surface area contributed by atoms with Gasteiger partial charge < -0.3 is 10.1 Å². The summed E-state index contributed by atoms with van der Waals surface area (Å²) in [5.41, 5.74) is 3.04. The van der Waals surface area contributed by atoms with Crippen molar-refractivity contribution in [1.29, 1.82) is 0 Å². The highest BCUT2D eigenvalue weighted by molar-refractivity contribution is 7.92. The maximum Gasteiger partial charge on any atom is 0.248 e. The van der Waals surface area contributed by atoms with E-state index in [0.29, 0.717) is 17.2 Å². The van der Waals surface area contributed by atoms with E-state index >= 15 is 0 Å². The molecule has 1 amide bonds. The number of anilines is 2. The van der Waals surface area contributed by atoms with Gasteiger partial charge in [-0.3, -0.25) is 9.10 Å². The number of amides is 1. The van der Waals surface area contributed by atoms with Crippen LogP contribution in [0, 0.1) is 6.92 Å². The molecule has 6 nitrogen and oxygen atoms in total. The smallest absolute Gasteiger partial charge is 0.248 e. The van der Waals surface area contributed by atoms with Gasteiger partial charge >= 0.3 is 0 Å². The molecule has 168 valence electrons. The first-order valence-corrected chi connectivity index (χ1v) is 12.3. The van der Waals surface area contributed by atoms with Gasteiger partial charge in [0, 0.05) is 5.69 Å². The van der Waals surface area contributed by atoms with Crippen LogP contribution in [0.1, 0.15) is 25.0 Å². The van der Waals surface area contributed by atoms with Gasteiger partial charge in [-0.1, -0.05) is 43.3 Å². The van der Waals surface area contributed by atoms with Crippen molar-refractivity contribution in [2.75, 3.05) is 15.9 Å². The van der Waals surface area contributed by atoms with Gasteiger partial charge in [-0.2, -0.15) is 0 Å². The highest BCUT2D eigenvalue weighted by Gasteiger charge is 2.29. The number of hydrogen-bond donors (Lipinski definition) is 1. The molecule has 7 heteroatoms. The van der Waals surface area contributed by atoms with E-state index in [1.807, 2.05) is 62.4 Å². The number of nitrogens with zero attached hydrogens (tertiary/aromatic N) is 1. The lowest BCUT2D eigenvalue weighted by molar-refractivity contribution is -0.116. The average molecular weight is 453 g/mol. The summed E-state index contributed by atoms with van der Waals surface area (Å²) < 4.78 is 32.1. The molecule has 0 spiro atoms. The quantitative estimate of drug-likeness (QED) is 0.513. The minimum Gasteiger partial charge on any atom is -0.457 e. The van der Waals surface area contributed by atoms with Crippen molar-refractivity contribution < 1.29 is 17.9 Å².